The quantitative estimate of drug-likeness (QED) is 0.162. The van der Waals surface area contributed by atoms with E-state index < -0.39 is 0 Å². The molecule has 0 N–H and O–H groups in total. The van der Waals surface area contributed by atoms with Crippen molar-refractivity contribution in [3.63, 3.8) is 0 Å². The molecule has 2 heteroatoms. The molecular weight excluding hydrogens is 773 g/mol. The third-order valence-corrected chi connectivity index (χ3v) is 15.7. The van der Waals surface area contributed by atoms with Crippen LogP contribution in [0.15, 0.2) is 134 Å². The Bertz CT molecular complexity index is 3560. The molecule has 0 bridgehead atoms. The molecule has 64 heavy (non-hydrogen) atoms. The van der Waals surface area contributed by atoms with E-state index in [1.54, 1.807) is 6.33 Å². The highest BCUT2D eigenvalue weighted by Crippen LogP contribution is 2.56. The van der Waals surface area contributed by atoms with E-state index in [9.17, 15) is 0 Å². The van der Waals surface area contributed by atoms with E-state index in [1.165, 1.54) is 120 Å². The summed E-state index contributed by atoms with van der Waals surface area (Å²) in [6.45, 7) is 23.4. The summed E-state index contributed by atoms with van der Waals surface area (Å²) in [6, 6.07) is 49.6. The largest absolute Gasteiger partial charge is 0.236 e. The van der Waals surface area contributed by atoms with E-state index in [1.807, 2.05) is 0 Å². The monoisotopic (exact) mass is 824 g/mol. The van der Waals surface area contributed by atoms with Gasteiger partial charge in [-0.05, 0) is 161 Å². The highest BCUT2D eigenvalue weighted by molar-refractivity contribution is 6.28. The molecule has 2 aliphatic carbocycles. The first kappa shape index (κ1) is 37.9. The van der Waals surface area contributed by atoms with Crippen LogP contribution in [0, 0.1) is 0 Å². The Hall–Kier alpha value is -6.64. The Morgan fingerprint density at radius 1 is 0.359 bits per heavy atom. The fourth-order valence-electron chi connectivity index (χ4n) is 12.1. The van der Waals surface area contributed by atoms with Gasteiger partial charge in [0.25, 0.3) is 0 Å². The lowest BCUT2D eigenvalue weighted by Crippen LogP contribution is -2.15. The molecule has 0 fully saturated rings. The van der Waals surface area contributed by atoms with Gasteiger partial charge in [0, 0.05) is 22.0 Å². The predicted octanol–water partition coefficient (Wildman–Crippen LogP) is 16.8. The second-order valence-corrected chi connectivity index (χ2v) is 22.3. The van der Waals surface area contributed by atoms with Crippen LogP contribution in [0.5, 0.6) is 0 Å². The summed E-state index contributed by atoms with van der Waals surface area (Å²) in [5.41, 5.74) is 17.6. The lowest BCUT2D eigenvalue weighted by Gasteiger charge is -2.24. The molecule has 0 amide bonds. The van der Waals surface area contributed by atoms with Crippen LogP contribution in [0.4, 0.5) is 0 Å². The van der Waals surface area contributed by atoms with Gasteiger partial charge in [0.1, 0.15) is 6.33 Å². The maximum Gasteiger partial charge on any atom is 0.116 e. The normalized spacial score (nSPS) is 15.3. The lowest BCUT2D eigenvalue weighted by molar-refractivity contribution is 0.591. The van der Waals surface area contributed by atoms with E-state index in [0.717, 1.165) is 22.5 Å². The number of rotatable bonds is 2. The zero-order chi connectivity index (χ0) is 44.0. The average Bonchev–Trinajstić information content (AvgIpc) is 3.64. The fourth-order valence-corrected chi connectivity index (χ4v) is 12.1. The molecule has 0 radical (unpaired) electrons. The molecule has 0 spiro atoms. The Labute approximate surface area is 375 Å². The van der Waals surface area contributed by atoms with Crippen LogP contribution in [0.2, 0.25) is 0 Å². The second-order valence-electron chi connectivity index (χ2n) is 22.3. The van der Waals surface area contributed by atoms with Crippen molar-refractivity contribution in [2.24, 2.45) is 0 Å². The second kappa shape index (κ2) is 12.1. The average molecular weight is 825 g/mol. The molecule has 1 aromatic heterocycles. The Balaban J connectivity index is 0.901. The predicted molar refractivity (Wildman–Crippen MR) is 273 cm³/mol. The minimum Gasteiger partial charge on any atom is -0.236 e. The maximum atomic E-state index is 4.91. The molecule has 1 heterocycles. The van der Waals surface area contributed by atoms with Crippen LogP contribution >= 0.6 is 0 Å². The molecule has 10 aromatic carbocycles. The van der Waals surface area contributed by atoms with Gasteiger partial charge in [-0.15, -0.1) is 0 Å². The van der Waals surface area contributed by atoms with Crippen LogP contribution < -0.4 is 0 Å². The van der Waals surface area contributed by atoms with E-state index in [-0.39, 0.29) is 21.7 Å². The van der Waals surface area contributed by atoms with Crippen molar-refractivity contribution in [2.45, 2.75) is 90.9 Å². The number of fused-ring (bicyclic) bond motifs is 8. The van der Waals surface area contributed by atoms with Gasteiger partial charge in [-0.3, -0.25) is 0 Å². The summed E-state index contributed by atoms with van der Waals surface area (Å²) >= 11 is 0. The number of aromatic nitrogens is 2. The fraction of sp³-hybridized carbons (Fsp3) is 0.226. The number of nitrogens with zero attached hydrogens (tertiary/aromatic N) is 2. The minimum atomic E-state index is -0.177. The smallest absolute Gasteiger partial charge is 0.116 e. The zero-order valence-electron chi connectivity index (χ0n) is 38.6. The molecule has 310 valence electrons. The number of benzene rings is 10. The highest BCUT2D eigenvalue weighted by atomic mass is 14.8. The molecule has 13 rings (SSSR count). The molecule has 0 unspecified atom stereocenters. The standard InChI is InChI=1S/C62H52N2/c1-59(2,3)41-23-35-11-13-39-29-49-57(45-21-17-37(25-41)53(35)55(39)45)43-19-15-33(27-47(43)61(49,7)8)51-31-52(64-32-63-51)34-16-20-44-48(28-34)62(9,10)50-30-40-14-12-36-24-42(60(4,5)6)26-38-18-22-46(58(44)50)56(40)54(36)38/h11-32H,1-10H3. The van der Waals surface area contributed by atoms with Crippen molar-refractivity contribution in [3.8, 4) is 44.8 Å². The maximum absolute atomic E-state index is 4.91. The van der Waals surface area contributed by atoms with E-state index in [4.69, 9.17) is 9.97 Å². The third-order valence-electron chi connectivity index (χ3n) is 15.7. The number of hydrogen-bond acceptors (Lipinski definition) is 2. The van der Waals surface area contributed by atoms with Gasteiger partial charge in [0.2, 0.25) is 0 Å². The van der Waals surface area contributed by atoms with Crippen LogP contribution in [-0.2, 0) is 21.7 Å². The number of hydrogen-bond donors (Lipinski definition) is 0. The van der Waals surface area contributed by atoms with E-state index in [0.29, 0.717) is 0 Å². The summed E-state index contributed by atoms with van der Waals surface area (Å²) in [4.78, 5) is 9.82. The van der Waals surface area contributed by atoms with Crippen molar-refractivity contribution in [2.75, 3.05) is 0 Å². The molecular formula is C62H52N2. The summed E-state index contributed by atoms with van der Waals surface area (Å²) in [6.07, 6.45) is 1.75. The van der Waals surface area contributed by atoms with Crippen molar-refractivity contribution in [1.29, 1.82) is 0 Å². The van der Waals surface area contributed by atoms with Crippen molar-refractivity contribution >= 4 is 64.6 Å². The Kier molecular flexibility index (Phi) is 7.17. The summed E-state index contributed by atoms with van der Waals surface area (Å²) in [7, 11) is 0. The zero-order valence-corrected chi connectivity index (χ0v) is 38.6. The van der Waals surface area contributed by atoms with Gasteiger partial charge < -0.3 is 0 Å². The van der Waals surface area contributed by atoms with Gasteiger partial charge in [-0.25, -0.2) is 9.97 Å². The van der Waals surface area contributed by atoms with E-state index >= 15 is 0 Å². The van der Waals surface area contributed by atoms with Gasteiger partial charge in [0.15, 0.2) is 0 Å². The van der Waals surface area contributed by atoms with Crippen LogP contribution in [0.3, 0.4) is 0 Å². The summed E-state index contributed by atoms with van der Waals surface area (Å²) in [5.74, 6) is 0. The molecule has 0 saturated heterocycles. The van der Waals surface area contributed by atoms with Crippen molar-refractivity contribution < 1.29 is 0 Å². The highest BCUT2D eigenvalue weighted by Gasteiger charge is 2.39. The summed E-state index contributed by atoms with van der Waals surface area (Å²) in [5, 5.41) is 16.1. The molecule has 0 atom stereocenters. The van der Waals surface area contributed by atoms with Crippen molar-refractivity contribution in [1.82, 2.24) is 9.97 Å². The first-order valence-corrected chi connectivity index (χ1v) is 23.1. The van der Waals surface area contributed by atoms with Gasteiger partial charge in [-0.2, -0.15) is 0 Å². The Morgan fingerprint density at radius 2 is 0.719 bits per heavy atom. The lowest BCUT2D eigenvalue weighted by atomic mass is 9.79. The molecule has 0 saturated carbocycles. The van der Waals surface area contributed by atoms with E-state index in [2.05, 4.69) is 197 Å². The van der Waals surface area contributed by atoms with Gasteiger partial charge in [-0.1, -0.05) is 166 Å². The minimum absolute atomic E-state index is 0.0870. The van der Waals surface area contributed by atoms with Crippen LogP contribution in [0.1, 0.15) is 103 Å². The van der Waals surface area contributed by atoms with Crippen LogP contribution in [-0.4, -0.2) is 9.97 Å². The van der Waals surface area contributed by atoms with Gasteiger partial charge >= 0.3 is 0 Å². The molecule has 11 aromatic rings. The molecule has 0 aliphatic heterocycles. The first-order valence-electron chi connectivity index (χ1n) is 23.1. The van der Waals surface area contributed by atoms with Gasteiger partial charge in [0.05, 0.1) is 11.4 Å². The third kappa shape index (κ3) is 4.97. The van der Waals surface area contributed by atoms with Crippen LogP contribution in [0.25, 0.3) is 109 Å². The topological polar surface area (TPSA) is 25.8 Å². The molecule has 2 nitrogen and oxygen atoms in total. The molecule has 2 aliphatic rings. The SMILES string of the molecule is CC(C)(C)c1cc2ccc3cc4c(c5ccc(c1)c2c35)-c1ccc(-c2cc(-c3ccc5c(c3)C(C)(C)c3cc6ccc7cc(C(C)(C)C)cc8ccc(c3-5)c6c78)ncn2)cc1C4(C)C. The first-order chi connectivity index (χ1) is 30.5. The van der Waals surface area contributed by atoms with Crippen molar-refractivity contribution in [3.05, 3.63) is 167 Å². The summed E-state index contributed by atoms with van der Waals surface area (Å²) < 4.78 is 0. The Morgan fingerprint density at radius 3 is 1.09 bits per heavy atom.